The fourth-order valence-electron chi connectivity index (χ4n) is 11.4. The Morgan fingerprint density at radius 3 is 0.693 bits per heavy atom. The van der Waals surface area contributed by atoms with E-state index in [9.17, 15) is 0 Å². The predicted octanol–water partition coefficient (Wildman–Crippen LogP) is 20.5. The Labute approximate surface area is 512 Å². The van der Waals surface area contributed by atoms with Gasteiger partial charge in [0.2, 0.25) is 0 Å². The normalized spacial score (nSPS) is 11.1. The van der Waals surface area contributed by atoms with Crippen LogP contribution in [0.15, 0.2) is 315 Å². The second kappa shape index (κ2) is 25.4. The summed E-state index contributed by atoms with van der Waals surface area (Å²) in [4.78, 5) is 15.5. The molecular weight excluding hydrogens is 1080 g/mol. The molecule has 8 heteroatoms. The molecule has 8 nitrogen and oxygen atoms in total. The first-order valence-electron chi connectivity index (χ1n) is 29.7. The Kier molecular flexibility index (Phi) is 15.7. The number of anilines is 6. The molecule has 0 bridgehead atoms. The fourth-order valence-corrected chi connectivity index (χ4v) is 11.4. The van der Waals surface area contributed by atoms with Gasteiger partial charge in [-0.05, 0) is 179 Å². The molecule has 1 aromatic heterocycles. The van der Waals surface area contributed by atoms with Gasteiger partial charge in [0.25, 0.3) is 0 Å². The van der Waals surface area contributed by atoms with Crippen molar-refractivity contribution in [2.24, 2.45) is 0 Å². The highest BCUT2D eigenvalue weighted by molar-refractivity contribution is 6.23. The molecule has 0 spiro atoms. The minimum Gasteiger partial charge on any atom is -0.490 e. The summed E-state index contributed by atoms with van der Waals surface area (Å²) in [6.07, 6.45) is 0. The summed E-state index contributed by atoms with van der Waals surface area (Å²) < 4.78 is 24.8. The lowest BCUT2D eigenvalue weighted by atomic mass is 9.98. The van der Waals surface area contributed by atoms with Gasteiger partial charge in [-0.2, -0.15) is 0 Å². The second-order valence-electron chi connectivity index (χ2n) is 21.3. The molecule has 0 aliphatic heterocycles. The summed E-state index contributed by atoms with van der Waals surface area (Å²) in [5.41, 5.74) is 16.2. The van der Waals surface area contributed by atoms with Crippen LogP contribution in [0.5, 0.6) is 23.0 Å². The monoisotopic (exact) mass is 1140 g/mol. The topological polar surface area (TPSA) is 69.2 Å². The number of ether oxygens (including phenoxy) is 4. The van der Waals surface area contributed by atoms with Crippen molar-refractivity contribution in [1.82, 2.24) is 9.97 Å². The van der Waals surface area contributed by atoms with Crippen LogP contribution in [0.4, 0.5) is 34.1 Å². The smallest absolute Gasteiger partial charge is 0.122 e. The lowest BCUT2D eigenvalue weighted by molar-refractivity contribution is 0.217. The molecule has 0 saturated carbocycles. The lowest BCUT2D eigenvalue weighted by Gasteiger charge is -2.25. The van der Waals surface area contributed by atoms with E-state index in [-0.39, 0.29) is 0 Å². The summed E-state index contributed by atoms with van der Waals surface area (Å²) in [6, 6.07) is 109. The molecule has 0 amide bonds. The zero-order valence-corrected chi connectivity index (χ0v) is 48.3. The summed E-state index contributed by atoms with van der Waals surface area (Å²) in [5, 5.41) is 4.38. The zero-order valence-electron chi connectivity index (χ0n) is 48.3. The molecule has 14 rings (SSSR count). The minimum absolute atomic E-state index is 0.372. The van der Waals surface area contributed by atoms with E-state index < -0.39 is 0 Å². The number of hydrogen-bond acceptors (Lipinski definition) is 8. The third kappa shape index (κ3) is 11.8. The summed E-state index contributed by atoms with van der Waals surface area (Å²) in [6.45, 7) is 1.51. The zero-order chi connectivity index (χ0) is 58.9. The molecule has 424 valence electrons. The van der Waals surface area contributed by atoms with Gasteiger partial charge in [-0.3, -0.25) is 0 Å². The fraction of sp³-hybridized carbons (Fsp3) is 0.0500. The summed E-state index contributed by atoms with van der Waals surface area (Å²) in [5.74, 6) is 3.02. The third-order valence-electron chi connectivity index (χ3n) is 15.7. The van der Waals surface area contributed by atoms with E-state index in [4.69, 9.17) is 28.9 Å². The van der Waals surface area contributed by atoms with Crippen molar-refractivity contribution in [2.45, 2.75) is 0 Å². The van der Waals surface area contributed by atoms with Crippen LogP contribution < -0.4 is 28.7 Å². The largest absolute Gasteiger partial charge is 0.490 e. The van der Waals surface area contributed by atoms with Gasteiger partial charge in [0.1, 0.15) is 49.4 Å². The highest BCUT2D eigenvalue weighted by atomic mass is 16.5. The van der Waals surface area contributed by atoms with Gasteiger partial charge >= 0.3 is 0 Å². The highest BCUT2D eigenvalue weighted by Crippen LogP contribution is 2.41. The van der Waals surface area contributed by atoms with Crippen molar-refractivity contribution in [3.8, 4) is 67.8 Å². The van der Waals surface area contributed by atoms with Gasteiger partial charge < -0.3 is 28.7 Å². The number of rotatable bonds is 20. The first-order chi connectivity index (χ1) is 43.6. The van der Waals surface area contributed by atoms with Crippen molar-refractivity contribution < 1.29 is 18.9 Å². The maximum absolute atomic E-state index is 6.24. The SMILES string of the molecule is c1ccc(N(c2ccccc2)c2ccc(-c3ccc(OCCOc4ccc(-c5nc6c7ccccc7c7ccccc7c6nc5-c5ccc(OCCOc6ccc(-c7ccc(N(c8ccccc8)c8ccccc8)cc7)cc6)cc5)cc4)cc3)cc2)cc1. The van der Waals surface area contributed by atoms with Crippen LogP contribution in [-0.4, -0.2) is 36.4 Å². The van der Waals surface area contributed by atoms with E-state index in [1.807, 2.05) is 72.8 Å². The van der Waals surface area contributed by atoms with Gasteiger partial charge in [0.15, 0.2) is 0 Å². The second-order valence-corrected chi connectivity index (χ2v) is 21.3. The van der Waals surface area contributed by atoms with Crippen LogP contribution in [0, 0.1) is 0 Å². The first kappa shape index (κ1) is 54.5. The van der Waals surface area contributed by atoms with Crippen LogP contribution in [0.2, 0.25) is 0 Å². The number of nitrogens with zero attached hydrogens (tertiary/aromatic N) is 4. The molecule has 0 aliphatic rings. The van der Waals surface area contributed by atoms with E-state index in [2.05, 4.69) is 252 Å². The first-order valence-corrected chi connectivity index (χ1v) is 29.7. The van der Waals surface area contributed by atoms with Gasteiger partial charge in [0, 0.05) is 56.0 Å². The molecule has 0 atom stereocenters. The molecule has 14 aromatic rings. The molecule has 13 aromatic carbocycles. The molecule has 0 unspecified atom stereocenters. The van der Waals surface area contributed by atoms with Crippen LogP contribution >= 0.6 is 0 Å². The van der Waals surface area contributed by atoms with Crippen LogP contribution in [0.3, 0.4) is 0 Å². The number of aromatic nitrogens is 2. The van der Waals surface area contributed by atoms with Crippen molar-refractivity contribution in [1.29, 1.82) is 0 Å². The van der Waals surface area contributed by atoms with Gasteiger partial charge in [-0.15, -0.1) is 0 Å². The van der Waals surface area contributed by atoms with E-state index in [1.54, 1.807) is 0 Å². The molecule has 0 radical (unpaired) electrons. The molecule has 0 N–H and O–H groups in total. The maximum Gasteiger partial charge on any atom is 0.122 e. The van der Waals surface area contributed by atoms with E-state index in [0.717, 1.165) is 134 Å². The van der Waals surface area contributed by atoms with E-state index in [1.165, 1.54) is 0 Å². The van der Waals surface area contributed by atoms with Crippen LogP contribution in [0.25, 0.3) is 77.3 Å². The number of benzene rings is 13. The lowest BCUT2D eigenvalue weighted by Crippen LogP contribution is -2.09. The van der Waals surface area contributed by atoms with E-state index >= 15 is 0 Å². The molecule has 0 fully saturated rings. The number of para-hydroxylation sites is 4. The Balaban J connectivity index is 0.623. The van der Waals surface area contributed by atoms with Crippen molar-refractivity contribution >= 4 is 66.7 Å². The number of hydrogen-bond donors (Lipinski definition) is 0. The maximum atomic E-state index is 6.24. The Morgan fingerprint density at radius 1 is 0.205 bits per heavy atom. The quantitative estimate of drug-likeness (QED) is 0.0552. The number of fused-ring (bicyclic) bond motifs is 6. The average Bonchev–Trinajstić information content (AvgIpc) is 1.40. The molecule has 88 heavy (non-hydrogen) atoms. The molecule has 1 heterocycles. The third-order valence-corrected chi connectivity index (χ3v) is 15.7. The average molecular weight is 1140 g/mol. The standard InChI is InChI=1S/C80H60N4O4/c1-5-17-63(18-6-1)83(64-19-7-2-8-20-64)67-41-29-57(30-42-67)59-33-45-69(46-34-59)85-53-55-87-71-49-37-61(38-50-71)77-78(82-80-76-28-16-14-26-74(76)73-25-13-15-27-75(73)79(80)81-77)62-39-51-72(52-40-62)88-56-54-86-70-47-35-60(36-48-70)58-31-43-68(44-32-58)84(65-21-9-3-10-22-65)66-23-11-4-12-24-66/h1-52H,53-56H2. The summed E-state index contributed by atoms with van der Waals surface area (Å²) in [7, 11) is 0. The highest BCUT2D eigenvalue weighted by Gasteiger charge is 2.19. The van der Waals surface area contributed by atoms with E-state index in [0.29, 0.717) is 26.4 Å². The summed E-state index contributed by atoms with van der Waals surface area (Å²) >= 11 is 0. The molecular formula is C80H60N4O4. The van der Waals surface area contributed by atoms with Crippen LogP contribution in [0.1, 0.15) is 0 Å². The Hall–Kier alpha value is -11.5. The van der Waals surface area contributed by atoms with Crippen molar-refractivity contribution in [2.75, 3.05) is 36.2 Å². The van der Waals surface area contributed by atoms with Gasteiger partial charge in [-0.25, -0.2) is 9.97 Å². The van der Waals surface area contributed by atoms with Crippen LogP contribution in [-0.2, 0) is 0 Å². The van der Waals surface area contributed by atoms with Crippen molar-refractivity contribution in [3.63, 3.8) is 0 Å². The molecule has 0 aliphatic carbocycles. The Morgan fingerprint density at radius 2 is 0.420 bits per heavy atom. The predicted molar refractivity (Wildman–Crippen MR) is 361 cm³/mol. The minimum atomic E-state index is 0.372. The van der Waals surface area contributed by atoms with Gasteiger partial charge in [-0.1, -0.05) is 170 Å². The Bertz CT molecular complexity index is 4240. The van der Waals surface area contributed by atoms with Crippen molar-refractivity contribution in [3.05, 3.63) is 315 Å². The molecule has 0 saturated heterocycles. The van der Waals surface area contributed by atoms with Gasteiger partial charge in [0.05, 0.1) is 22.4 Å².